The Balaban J connectivity index is 1.68. The predicted octanol–water partition coefficient (Wildman–Crippen LogP) is 3.66. The summed E-state index contributed by atoms with van der Waals surface area (Å²) < 4.78 is 13.1. The van der Waals surface area contributed by atoms with Gasteiger partial charge in [-0.3, -0.25) is 0 Å². The Morgan fingerprint density at radius 1 is 1.39 bits per heavy atom. The lowest BCUT2D eigenvalue weighted by Crippen LogP contribution is -2.31. The minimum atomic E-state index is -0.329. The Kier molecular flexibility index (Phi) is 3.33. The van der Waals surface area contributed by atoms with Crippen LogP contribution in [0.1, 0.15) is 24.8 Å². The van der Waals surface area contributed by atoms with E-state index in [9.17, 15) is 4.39 Å². The van der Waals surface area contributed by atoms with Gasteiger partial charge in [0, 0.05) is 6.04 Å². The summed E-state index contributed by atoms with van der Waals surface area (Å²) in [5.41, 5.74) is 1.13. The number of rotatable bonds is 4. The molecule has 2 saturated carbocycles. The highest BCUT2D eigenvalue weighted by atomic mass is 35.5. The van der Waals surface area contributed by atoms with Crippen LogP contribution in [0.25, 0.3) is 0 Å². The molecule has 3 rings (SSSR count). The third kappa shape index (κ3) is 2.17. The molecule has 0 aromatic heterocycles. The maximum atomic E-state index is 13.1. The second-order valence-electron chi connectivity index (χ2n) is 5.68. The minimum absolute atomic E-state index is 0.235. The summed E-state index contributed by atoms with van der Waals surface area (Å²) >= 11 is 5.84. The Bertz CT molecular complexity index is 438. The third-order valence-electron chi connectivity index (χ3n) is 4.75. The molecule has 1 N–H and O–H groups in total. The quantitative estimate of drug-likeness (QED) is 0.878. The fraction of sp³-hybridized carbons (Fsp3) is 0.600. The van der Waals surface area contributed by atoms with Crippen molar-refractivity contribution in [2.45, 2.75) is 31.7 Å². The molecule has 0 amide bonds. The van der Waals surface area contributed by atoms with E-state index < -0.39 is 0 Å². The molecule has 1 aromatic rings. The van der Waals surface area contributed by atoms with Gasteiger partial charge in [0.05, 0.1) is 5.02 Å². The predicted molar refractivity (Wildman–Crippen MR) is 72.3 cm³/mol. The van der Waals surface area contributed by atoms with E-state index in [0.717, 1.165) is 29.7 Å². The SMILES string of the molecule is CNC(Cc1ccc(F)c(Cl)c1)C1C2CCCC21. The zero-order valence-electron chi connectivity index (χ0n) is 10.6. The van der Waals surface area contributed by atoms with Gasteiger partial charge in [-0.25, -0.2) is 4.39 Å². The van der Waals surface area contributed by atoms with Crippen molar-refractivity contribution in [3.8, 4) is 0 Å². The van der Waals surface area contributed by atoms with Crippen molar-refractivity contribution in [3.63, 3.8) is 0 Å². The molecule has 18 heavy (non-hydrogen) atoms. The van der Waals surface area contributed by atoms with Gasteiger partial charge in [-0.05, 0) is 61.8 Å². The third-order valence-corrected chi connectivity index (χ3v) is 5.04. The number of hydrogen-bond acceptors (Lipinski definition) is 1. The van der Waals surface area contributed by atoms with Crippen LogP contribution >= 0.6 is 11.6 Å². The van der Waals surface area contributed by atoms with E-state index in [4.69, 9.17) is 11.6 Å². The average Bonchev–Trinajstić information content (AvgIpc) is 2.83. The van der Waals surface area contributed by atoms with Gasteiger partial charge in [-0.1, -0.05) is 24.1 Å². The lowest BCUT2D eigenvalue weighted by Gasteiger charge is -2.18. The first-order valence-electron chi connectivity index (χ1n) is 6.82. The van der Waals surface area contributed by atoms with Gasteiger partial charge < -0.3 is 5.32 Å². The largest absolute Gasteiger partial charge is 0.316 e. The van der Waals surface area contributed by atoms with Gasteiger partial charge in [-0.15, -0.1) is 0 Å². The van der Waals surface area contributed by atoms with Crippen molar-refractivity contribution in [1.29, 1.82) is 0 Å². The van der Waals surface area contributed by atoms with E-state index in [1.807, 2.05) is 13.1 Å². The first-order chi connectivity index (χ1) is 8.70. The highest BCUT2D eigenvalue weighted by molar-refractivity contribution is 6.30. The molecule has 1 aromatic carbocycles. The standard InChI is InChI=1S/C15H19ClFN/c1-18-14(15-10-3-2-4-11(10)15)8-9-5-6-13(17)12(16)7-9/h5-7,10-11,14-15,18H,2-4,8H2,1H3. The summed E-state index contributed by atoms with van der Waals surface area (Å²) in [4.78, 5) is 0. The number of halogens is 2. The van der Waals surface area contributed by atoms with Crippen molar-refractivity contribution >= 4 is 11.6 Å². The number of benzene rings is 1. The smallest absolute Gasteiger partial charge is 0.141 e. The van der Waals surface area contributed by atoms with E-state index in [0.29, 0.717) is 6.04 Å². The first kappa shape index (κ1) is 12.4. The molecule has 0 aliphatic heterocycles. The van der Waals surface area contributed by atoms with Gasteiger partial charge in [-0.2, -0.15) is 0 Å². The molecule has 3 unspecified atom stereocenters. The van der Waals surface area contributed by atoms with Crippen LogP contribution in [-0.2, 0) is 6.42 Å². The number of hydrogen-bond donors (Lipinski definition) is 1. The average molecular weight is 268 g/mol. The number of fused-ring (bicyclic) bond motifs is 1. The molecule has 2 aliphatic carbocycles. The minimum Gasteiger partial charge on any atom is -0.316 e. The second kappa shape index (κ2) is 4.82. The fourth-order valence-electron chi connectivity index (χ4n) is 3.82. The monoisotopic (exact) mass is 267 g/mol. The van der Waals surface area contributed by atoms with E-state index >= 15 is 0 Å². The summed E-state index contributed by atoms with van der Waals surface area (Å²) in [7, 11) is 2.03. The van der Waals surface area contributed by atoms with Gasteiger partial charge in [0.15, 0.2) is 0 Å². The topological polar surface area (TPSA) is 12.0 Å². The van der Waals surface area contributed by atoms with Crippen LogP contribution in [0.3, 0.4) is 0 Å². The lowest BCUT2D eigenvalue weighted by molar-refractivity contribution is 0.428. The van der Waals surface area contributed by atoms with E-state index in [1.54, 1.807) is 6.07 Å². The fourth-order valence-corrected chi connectivity index (χ4v) is 4.03. The molecular weight excluding hydrogens is 249 g/mol. The van der Waals surface area contributed by atoms with Gasteiger partial charge in [0.1, 0.15) is 5.82 Å². The number of likely N-dealkylation sites (N-methyl/N-ethyl adjacent to an activating group) is 1. The van der Waals surface area contributed by atoms with Crippen molar-refractivity contribution in [2.75, 3.05) is 7.05 Å². The zero-order valence-corrected chi connectivity index (χ0v) is 11.4. The van der Waals surface area contributed by atoms with E-state index in [-0.39, 0.29) is 10.8 Å². The molecule has 0 radical (unpaired) electrons. The summed E-state index contributed by atoms with van der Waals surface area (Å²) in [6.45, 7) is 0. The highest BCUT2D eigenvalue weighted by Crippen LogP contribution is 2.59. The molecule has 0 heterocycles. The molecule has 98 valence electrons. The second-order valence-corrected chi connectivity index (χ2v) is 6.09. The van der Waals surface area contributed by atoms with Crippen molar-refractivity contribution in [1.82, 2.24) is 5.32 Å². The maximum absolute atomic E-state index is 13.1. The van der Waals surface area contributed by atoms with Gasteiger partial charge in [0.25, 0.3) is 0 Å². The summed E-state index contributed by atoms with van der Waals surface area (Å²) in [5, 5.41) is 3.67. The van der Waals surface area contributed by atoms with Crippen molar-refractivity contribution < 1.29 is 4.39 Å². The van der Waals surface area contributed by atoms with E-state index in [1.165, 1.54) is 25.3 Å². The number of nitrogens with one attached hydrogen (secondary N) is 1. The molecule has 1 nitrogen and oxygen atoms in total. The van der Waals surface area contributed by atoms with Crippen molar-refractivity contribution in [3.05, 3.63) is 34.6 Å². The zero-order chi connectivity index (χ0) is 12.7. The van der Waals surface area contributed by atoms with Crippen LogP contribution in [-0.4, -0.2) is 13.1 Å². The molecule has 0 saturated heterocycles. The van der Waals surface area contributed by atoms with Gasteiger partial charge >= 0.3 is 0 Å². The van der Waals surface area contributed by atoms with Crippen LogP contribution in [0.5, 0.6) is 0 Å². The summed E-state index contributed by atoms with van der Waals surface area (Å²) in [5.74, 6) is 2.38. The van der Waals surface area contributed by atoms with Crippen LogP contribution in [0, 0.1) is 23.6 Å². The molecular formula is C15H19ClFN. The van der Waals surface area contributed by atoms with E-state index in [2.05, 4.69) is 5.32 Å². The lowest BCUT2D eigenvalue weighted by atomic mass is 9.97. The van der Waals surface area contributed by atoms with Crippen molar-refractivity contribution in [2.24, 2.45) is 17.8 Å². The maximum Gasteiger partial charge on any atom is 0.141 e. The molecule has 0 spiro atoms. The van der Waals surface area contributed by atoms with Crippen LogP contribution in [0.4, 0.5) is 4.39 Å². The normalized spacial score (nSPS) is 31.2. The molecule has 3 atom stereocenters. The molecule has 2 fully saturated rings. The highest BCUT2D eigenvalue weighted by Gasteiger charge is 2.55. The van der Waals surface area contributed by atoms with Crippen LogP contribution < -0.4 is 5.32 Å². The Labute approximate surface area is 113 Å². The van der Waals surface area contributed by atoms with Crippen LogP contribution in [0.15, 0.2) is 18.2 Å². The first-order valence-corrected chi connectivity index (χ1v) is 7.19. The molecule has 2 aliphatic rings. The molecule has 0 bridgehead atoms. The Morgan fingerprint density at radius 3 is 2.72 bits per heavy atom. The molecule has 3 heteroatoms. The van der Waals surface area contributed by atoms with Crippen LogP contribution in [0.2, 0.25) is 5.02 Å². The Morgan fingerprint density at radius 2 is 2.11 bits per heavy atom. The summed E-state index contributed by atoms with van der Waals surface area (Å²) in [6.07, 6.45) is 5.16. The Hall–Kier alpha value is -0.600. The van der Waals surface area contributed by atoms with Gasteiger partial charge in [0.2, 0.25) is 0 Å². The summed E-state index contributed by atoms with van der Waals surface area (Å²) in [6, 6.07) is 5.60.